The minimum atomic E-state index is 0.633. The number of benzene rings is 3. The third-order valence-corrected chi connectivity index (χ3v) is 4.91. The summed E-state index contributed by atoms with van der Waals surface area (Å²) in [6.45, 7) is 0. The van der Waals surface area contributed by atoms with E-state index < -0.39 is 0 Å². The SMILES string of the molecule is COc1cccc(/C=C\c2c(Cl)ccc(Cl)c2/C=C\c2cccc(OC)c2)c1. The lowest BCUT2D eigenvalue weighted by Gasteiger charge is -2.08. The molecule has 142 valence electrons. The fourth-order valence-corrected chi connectivity index (χ4v) is 3.23. The summed E-state index contributed by atoms with van der Waals surface area (Å²) in [6, 6.07) is 19.2. The molecule has 0 radical (unpaired) electrons. The van der Waals surface area contributed by atoms with Gasteiger partial charge < -0.3 is 9.47 Å². The molecule has 0 fully saturated rings. The zero-order valence-electron chi connectivity index (χ0n) is 15.7. The molecule has 3 aromatic carbocycles. The molecule has 0 heterocycles. The van der Waals surface area contributed by atoms with Crippen LogP contribution in [0.2, 0.25) is 10.0 Å². The molecule has 3 aromatic rings. The Hall–Kier alpha value is -2.68. The fourth-order valence-electron chi connectivity index (χ4n) is 2.77. The average Bonchev–Trinajstić information content (AvgIpc) is 2.73. The van der Waals surface area contributed by atoms with Crippen molar-refractivity contribution in [2.45, 2.75) is 0 Å². The molecule has 3 rings (SSSR count). The first-order chi connectivity index (χ1) is 13.6. The summed E-state index contributed by atoms with van der Waals surface area (Å²) in [4.78, 5) is 0. The van der Waals surface area contributed by atoms with Crippen molar-refractivity contribution in [3.8, 4) is 11.5 Å². The highest BCUT2D eigenvalue weighted by Gasteiger charge is 2.07. The Morgan fingerprint density at radius 2 is 1.04 bits per heavy atom. The second-order valence-electron chi connectivity index (χ2n) is 6.08. The second-order valence-corrected chi connectivity index (χ2v) is 6.89. The molecule has 28 heavy (non-hydrogen) atoms. The minimum absolute atomic E-state index is 0.633. The van der Waals surface area contributed by atoms with E-state index in [1.165, 1.54) is 0 Å². The Balaban J connectivity index is 1.96. The van der Waals surface area contributed by atoms with Gasteiger partial charge in [-0.15, -0.1) is 0 Å². The zero-order chi connectivity index (χ0) is 19.9. The number of hydrogen-bond donors (Lipinski definition) is 0. The first-order valence-electron chi connectivity index (χ1n) is 8.73. The summed E-state index contributed by atoms with van der Waals surface area (Å²) in [5, 5.41) is 1.27. The third kappa shape index (κ3) is 4.98. The molecule has 0 atom stereocenters. The van der Waals surface area contributed by atoms with E-state index in [-0.39, 0.29) is 0 Å². The van der Waals surface area contributed by atoms with Crippen LogP contribution in [0.15, 0.2) is 60.7 Å². The fraction of sp³-hybridized carbons (Fsp3) is 0.0833. The van der Waals surface area contributed by atoms with E-state index >= 15 is 0 Å². The normalized spacial score (nSPS) is 11.3. The maximum absolute atomic E-state index is 6.47. The molecule has 0 N–H and O–H groups in total. The van der Waals surface area contributed by atoms with Crippen molar-refractivity contribution in [1.29, 1.82) is 0 Å². The van der Waals surface area contributed by atoms with Crippen molar-refractivity contribution in [3.05, 3.63) is 93.0 Å². The van der Waals surface area contributed by atoms with Crippen LogP contribution in [-0.2, 0) is 0 Å². The molecule has 4 heteroatoms. The van der Waals surface area contributed by atoms with Gasteiger partial charge in [-0.1, -0.05) is 71.8 Å². The number of ether oxygens (including phenoxy) is 2. The van der Waals surface area contributed by atoms with Gasteiger partial charge in [-0.25, -0.2) is 0 Å². The lowest BCUT2D eigenvalue weighted by Crippen LogP contribution is -1.86. The van der Waals surface area contributed by atoms with Crippen LogP contribution in [0.5, 0.6) is 11.5 Å². The smallest absolute Gasteiger partial charge is 0.119 e. The van der Waals surface area contributed by atoms with E-state index in [1.807, 2.05) is 72.8 Å². The van der Waals surface area contributed by atoms with E-state index in [0.717, 1.165) is 33.8 Å². The van der Waals surface area contributed by atoms with Crippen LogP contribution < -0.4 is 9.47 Å². The summed E-state index contributed by atoms with van der Waals surface area (Å²) in [6.07, 6.45) is 7.91. The van der Waals surface area contributed by atoms with Crippen LogP contribution in [0.4, 0.5) is 0 Å². The highest BCUT2D eigenvalue weighted by Crippen LogP contribution is 2.31. The van der Waals surface area contributed by atoms with Crippen LogP contribution >= 0.6 is 23.2 Å². The van der Waals surface area contributed by atoms with Gasteiger partial charge in [-0.05, 0) is 47.5 Å². The molecule has 0 aliphatic heterocycles. The molecule has 0 aliphatic carbocycles. The maximum Gasteiger partial charge on any atom is 0.119 e. The van der Waals surface area contributed by atoms with Crippen LogP contribution in [0.25, 0.3) is 24.3 Å². The summed E-state index contributed by atoms with van der Waals surface area (Å²) in [5.41, 5.74) is 3.74. The molecule has 0 aliphatic rings. The average molecular weight is 411 g/mol. The van der Waals surface area contributed by atoms with Crippen molar-refractivity contribution in [2.75, 3.05) is 14.2 Å². The Labute approximate surface area is 175 Å². The van der Waals surface area contributed by atoms with E-state index in [2.05, 4.69) is 0 Å². The highest BCUT2D eigenvalue weighted by molar-refractivity contribution is 6.35. The summed E-state index contributed by atoms with van der Waals surface area (Å²) >= 11 is 12.9. The van der Waals surface area contributed by atoms with Crippen molar-refractivity contribution < 1.29 is 9.47 Å². The van der Waals surface area contributed by atoms with Gasteiger partial charge in [-0.2, -0.15) is 0 Å². The van der Waals surface area contributed by atoms with E-state index in [9.17, 15) is 0 Å². The largest absolute Gasteiger partial charge is 0.497 e. The van der Waals surface area contributed by atoms with Crippen molar-refractivity contribution in [2.24, 2.45) is 0 Å². The van der Waals surface area contributed by atoms with E-state index in [1.54, 1.807) is 26.4 Å². The third-order valence-electron chi connectivity index (χ3n) is 4.25. The Kier molecular flexibility index (Phi) is 6.80. The molecule has 0 saturated carbocycles. The molecule has 2 nitrogen and oxygen atoms in total. The molecular formula is C24H20Cl2O2. The van der Waals surface area contributed by atoms with Gasteiger partial charge >= 0.3 is 0 Å². The van der Waals surface area contributed by atoms with Gasteiger partial charge in [-0.3, -0.25) is 0 Å². The number of methoxy groups -OCH3 is 2. The van der Waals surface area contributed by atoms with Gasteiger partial charge in [0, 0.05) is 21.2 Å². The van der Waals surface area contributed by atoms with Crippen LogP contribution in [0.3, 0.4) is 0 Å². The first kappa shape index (κ1) is 20.1. The highest BCUT2D eigenvalue weighted by atomic mass is 35.5. The maximum atomic E-state index is 6.47. The Bertz CT molecular complexity index is 940. The molecule has 0 bridgehead atoms. The number of hydrogen-bond acceptors (Lipinski definition) is 2. The molecule has 0 saturated heterocycles. The van der Waals surface area contributed by atoms with Crippen LogP contribution in [0.1, 0.15) is 22.3 Å². The van der Waals surface area contributed by atoms with E-state index in [0.29, 0.717) is 10.0 Å². The molecule has 0 aromatic heterocycles. The van der Waals surface area contributed by atoms with Gasteiger partial charge in [0.05, 0.1) is 14.2 Å². The van der Waals surface area contributed by atoms with Crippen molar-refractivity contribution >= 4 is 47.5 Å². The quantitative estimate of drug-likeness (QED) is 0.395. The van der Waals surface area contributed by atoms with E-state index in [4.69, 9.17) is 32.7 Å². The summed E-state index contributed by atoms with van der Waals surface area (Å²) in [5.74, 6) is 1.61. The monoisotopic (exact) mass is 410 g/mol. The van der Waals surface area contributed by atoms with Gasteiger partial charge in [0.2, 0.25) is 0 Å². The minimum Gasteiger partial charge on any atom is -0.497 e. The molecule has 0 unspecified atom stereocenters. The number of halogens is 2. The number of rotatable bonds is 6. The predicted octanol–water partition coefficient (Wildman–Crippen LogP) is 7.35. The lowest BCUT2D eigenvalue weighted by atomic mass is 10.0. The first-order valence-corrected chi connectivity index (χ1v) is 9.48. The molecule has 0 spiro atoms. The van der Waals surface area contributed by atoms with Gasteiger partial charge in [0.1, 0.15) is 11.5 Å². The van der Waals surface area contributed by atoms with Crippen molar-refractivity contribution in [3.63, 3.8) is 0 Å². The van der Waals surface area contributed by atoms with Crippen LogP contribution in [0, 0.1) is 0 Å². The molecule has 0 amide bonds. The Morgan fingerprint density at radius 1 is 0.607 bits per heavy atom. The summed E-state index contributed by atoms with van der Waals surface area (Å²) < 4.78 is 10.6. The predicted molar refractivity (Wildman–Crippen MR) is 120 cm³/mol. The molecular weight excluding hydrogens is 391 g/mol. The van der Waals surface area contributed by atoms with Gasteiger partial charge in [0.25, 0.3) is 0 Å². The zero-order valence-corrected chi connectivity index (χ0v) is 17.2. The summed E-state index contributed by atoms with van der Waals surface area (Å²) in [7, 11) is 3.30. The van der Waals surface area contributed by atoms with Crippen molar-refractivity contribution in [1.82, 2.24) is 0 Å². The second kappa shape index (κ2) is 9.50. The topological polar surface area (TPSA) is 18.5 Å². The van der Waals surface area contributed by atoms with Gasteiger partial charge in [0.15, 0.2) is 0 Å². The lowest BCUT2D eigenvalue weighted by molar-refractivity contribution is 0.414. The standard InChI is InChI=1S/C24H20Cl2O2/c1-27-19-7-3-5-17(15-19)9-11-21-22(24(26)14-13-23(21)25)12-10-18-6-4-8-20(16-18)28-2/h3-16H,1-2H3/b11-9-,12-10-. The van der Waals surface area contributed by atoms with Crippen LogP contribution in [-0.4, -0.2) is 14.2 Å². The Morgan fingerprint density at radius 3 is 1.43 bits per heavy atom.